The van der Waals surface area contributed by atoms with Gasteiger partial charge in [-0.3, -0.25) is 4.98 Å². The molecule has 0 saturated carbocycles. The molecule has 1 aliphatic heterocycles. The largest absolute Gasteiger partial charge is 0.508 e. The molecule has 166 valence electrons. The quantitative estimate of drug-likeness (QED) is 0.541. The van der Waals surface area contributed by atoms with E-state index in [1.807, 2.05) is 38.1 Å². The highest BCUT2D eigenvalue weighted by atomic mass is 32.2. The summed E-state index contributed by atoms with van der Waals surface area (Å²) >= 11 is 0. The third-order valence-electron chi connectivity index (χ3n) is 5.64. The summed E-state index contributed by atoms with van der Waals surface area (Å²) in [6.45, 7) is 3.28. The molecule has 1 aliphatic rings. The summed E-state index contributed by atoms with van der Waals surface area (Å²) in [7, 11) is -3.50. The first kappa shape index (κ1) is 23.2. The van der Waals surface area contributed by atoms with Gasteiger partial charge in [-0.15, -0.1) is 0 Å². The van der Waals surface area contributed by atoms with E-state index < -0.39 is 27.8 Å². The molecule has 0 radical (unpaired) electrons. The Balaban J connectivity index is 1.89. The van der Waals surface area contributed by atoms with Crippen LogP contribution in [-0.2, 0) is 9.84 Å². The molecule has 2 atom stereocenters. The second-order valence-corrected chi connectivity index (χ2v) is 10.3. The number of benzene rings is 1. The van der Waals surface area contributed by atoms with E-state index in [1.54, 1.807) is 30.5 Å². The molecule has 0 saturated heterocycles. The molecule has 6 nitrogen and oxygen atoms in total. The van der Waals surface area contributed by atoms with Crippen molar-refractivity contribution in [2.24, 2.45) is 5.92 Å². The van der Waals surface area contributed by atoms with Gasteiger partial charge in [-0.05, 0) is 71.4 Å². The predicted octanol–water partition coefficient (Wildman–Crippen LogP) is 3.21. The standard InChI is InChI=1S/C24H29NO5S/c1-16(2)20-15-31(29,30)23(14-26)24(20)22(28)11-8-18(21-5-3-4-12-25-21)13-17-6-9-19(27)10-7-17/h3-7,9-10,12-13,16,22-23,26-28H,8,11,14-15H2,1-2H3/b18-13-/t22-,23+/m1/s1. The second-order valence-electron chi connectivity index (χ2n) is 8.14. The summed E-state index contributed by atoms with van der Waals surface area (Å²) in [5.74, 6) is 0.0370. The maximum atomic E-state index is 12.5. The highest BCUT2D eigenvalue weighted by molar-refractivity contribution is 7.92. The molecule has 31 heavy (non-hydrogen) atoms. The number of allylic oxidation sites excluding steroid dienone is 1. The van der Waals surface area contributed by atoms with Crippen molar-refractivity contribution in [3.8, 4) is 5.75 Å². The number of pyridine rings is 1. The van der Waals surface area contributed by atoms with Gasteiger partial charge >= 0.3 is 0 Å². The first-order valence-corrected chi connectivity index (χ1v) is 12.1. The normalized spacial score (nSPS) is 19.8. The fourth-order valence-corrected chi connectivity index (χ4v) is 6.04. The van der Waals surface area contributed by atoms with E-state index >= 15 is 0 Å². The Morgan fingerprint density at radius 1 is 1.19 bits per heavy atom. The first-order valence-electron chi connectivity index (χ1n) is 10.4. The summed E-state index contributed by atoms with van der Waals surface area (Å²) < 4.78 is 25.0. The Morgan fingerprint density at radius 2 is 1.90 bits per heavy atom. The van der Waals surface area contributed by atoms with Crippen LogP contribution in [0.25, 0.3) is 11.6 Å². The summed E-state index contributed by atoms with van der Waals surface area (Å²) in [5.41, 5.74) is 3.68. The number of aliphatic hydroxyl groups is 2. The topological polar surface area (TPSA) is 108 Å². The van der Waals surface area contributed by atoms with Crippen molar-refractivity contribution in [2.45, 2.75) is 38.0 Å². The van der Waals surface area contributed by atoms with Crippen molar-refractivity contribution in [1.82, 2.24) is 4.98 Å². The molecule has 3 rings (SSSR count). The lowest BCUT2D eigenvalue weighted by Gasteiger charge is -2.20. The summed E-state index contributed by atoms with van der Waals surface area (Å²) in [5, 5.41) is 29.2. The smallest absolute Gasteiger partial charge is 0.163 e. The summed E-state index contributed by atoms with van der Waals surface area (Å²) in [4.78, 5) is 4.42. The molecule has 1 aromatic carbocycles. The van der Waals surface area contributed by atoms with Crippen molar-refractivity contribution in [3.05, 3.63) is 71.1 Å². The van der Waals surface area contributed by atoms with E-state index in [0.29, 0.717) is 24.0 Å². The Hall–Kier alpha value is -2.48. The fourth-order valence-electron chi connectivity index (χ4n) is 3.99. The molecule has 0 bridgehead atoms. The molecule has 0 amide bonds. The van der Waals surface area contributed by atoms with Crippen molar-refractivity contribution in [1.29, 1.82) is 0 Å². The predicted molar refractivity (Wildman–Crippen MR) is 122 cm³/mol. The van der Waals surface area contributed by atoms with Gasteiger partial charge in [0.2, 0.25) is 0 Å². The Bertz CT molecular complexity index is 1060. The summed E-state index contributed by atoms with van der Waals surface area (Å²) in [6, 6.07) is 12.4. The number of hydrogen-bond acceptors (Lipinski definition) is 6. The molecule has 0 spiro atoms. The van der Waals surface area contributed by atoms with Crippen LogP contribution in [0.3, 0.4) is 0 Å². The number of rotatable bonds is 8. The highest BCUT2D eigenvalue weighted by Gasteiger charge is 2.41. The van der Waals surface area contributed by atoms with Crippen molar-refractivity contribution < 1.29 is 23.7 Å². The van der Waals surface area contributed by atoms with E-state index in [0.717, 1.165) is 16.8 Å². The Labute approximate surface area is 183 Å². The fraction of sp³-hybridized carbons (Fsp3) is 0.375. The van der Waals surface area contributed by atoms with Crippen molar-refractivity contribution in [3.63, 3.8) is 0 Å². The van der Waals surface area contributed by atoms with E-state index in [1.165, 1.54) is 0 Å². The molecule has 7 heteroatoms. The molecule has 0 unspecified atom stereocenters. The van der Waals surface area contributed by atoms with Gasteiger partial charge in [0.25, 0.3) is 0 Å². The minimum Gasteiger partial charge on any atom is -0.508 e. The molecule has 1 aromatic heterocycles. The number of phenolic OH excluding ortho intramolecular Hbond substituents is 1. The molecule has 0 aliphatic carbocycles. The Morgan fingerprint density at radius 3 is 2.48 bits per heavy atom. The molecule has 3 N–H and O–H groups in total. The van der Waals surface area contributed by atoms with Gasteiger partial charge < -0.3 is 15.3 Å². The monoisotopic (exact) mass is 443 g/mol. The van der Waals surface area contributed by atoms with Gasteiger partial charge in [-0.1, -0.05) is 32.0 Å². The number of aromatic hydroxyl groups is 1. The van der Waals surface area contributed by atoms with Gasteiger partial charge in [0.15, 0.2) is 9.84 Å². The van der Waals surface area contributed by atoms with Gasteiger partial charge in [0.1, 0.15) is 11.0 Å². The second kappa shape index (κ2) is 9.77. The maximum Gasteiger partial charge on any atom is 0.163 e. The van der Waals surface area contributed by atoms with Gasteiger partial charge in [-0.2, -0.15) is 0 Å². The first-order chi connectivity index (χ1) is 14.7. The number of sulfone groups is 1. The lowest BCUT2D eigenvalue weighted by Crippen LogP contribution is -2.29. The lowest BCUT2D eigenvalue weighted by atomic mass is 9.90. The van der Waals surface area contributed by atoms with Crippen LogP contribution in [0.1, 0.15) is 37.9 Å². The number of aromatic nitrogens is 1. The zero-order valence-corrected chi connectivity index (χ0v) is 18.6. The Kier molecular flexibility index (Phi) is 7.30. The van der Waals surface area contributed by atoms with Crippen LogP contribution >= 0.6 is 0 Å². The third-order valence-corrected chi connectivity index (χ3v) is 7.63. The molecular formula is C24H29NO5S. The van der Waals surface area contributed by atoms with E-state index in [4.69, 9.17) is 0 Å². The average molecular weight is 444 g/mol. The number of hydrogen-bond donors (Lipinski definition) is 3. The average Bonchev–Trinajstić information content (AvgIpc) is 3.03. The SMILES string of the molecule is CC(C)C1=C([C@H](O)CC/C(=C/c2ccc(O)cc2)c2ccccn2)[C@H](CO)S(=O)(=O)C1. The number of aliphatic hydroxyl groups excluding tert-OH is 2. The zero-order valence-electron chi connectivity index (χ0n) is 17.8. The number of nitrogens with zero attached hydrogens (tertiary/aromatic N) is 1. The zero-order chi connectivity index (χ0) is 22.6. The maximum absolute atomic E-state index is 12.5. The van der Waals surface area contributed by atoms with E-state index in [9.17, 15) is 23.7 Å². The molecule has 2 heterocycles. The lowest BCUT2D eigenvalue weighted by molar-refractivity contribution is 0.189. The van der Waals surface area contributed by atoms with Crippen LogP contribution in [0, 0.1) is 5.92 Å². The van der Waals surface area contributed by atoms with E-state index in [2.05, 4.69) is 4.98 Å². The minimum absolute atomic E-state index is 0.0289. The highest BCUT2D eigenvalue weighted by Crippen LogP contribution is 2.36. The molecule has 0 fully saturated rings. The van der Waals surface area contributed by atoms with Crippen LogP contribution in [-0.4, -0.2) is 52.4 Å². The van der Waals surface area contributed by atoms with Crippen LogP contribution in [0.5, 0.6) is 5.75 Å². The molecular weight excluding hydrogens is 414 g/mol. The summed E-state index contributed by atoms with van der Waals surface area (Å²) in [6.07, 6.45) is 3.44. The van der Waals surface area contributed by atoms with Gasteiger partial charge in [-0.25, -0.2) is 8.42 Å². The van der Waals surface area contributed by atoms with Gasteiger partial charge in [0, 0.05) is 6.20 Å². The van der Waals surface area contributed by atoms with Crippen molar-refractivity contribution in [2.75, 3.05) is 12.4 Å². The molecule has 2 aromatic rings. The minimum atomic E-state index is -3.50. The number of phenols is 1. The van der Waals surface area contributed by atoms with Gasteiger partial charge in [0.05, 0.1) is 24.2 Å². The van der Waals surface area contributed by atoms with Crippen LogP contribution < -0.4 is 0 Å². The third kappa shape index (κ3) is 5.42. The van der Waals surface area contributed by atoms with Crippen LogP contribution in [0.2, 0.25) is 0 Å². The van der Waals surface area contributed by atoms with Crippen molar-refractivity contribution >= 4 is 21.5 Å². The van der Waals surface area contributed by atoms with Crippen LogP contribution in [0.4, 0.5) is 0 Å². The van der Waals surface area contributed by atoms with E-state index in [-0.39, 0.29) is 17.4 Å². The van der Waals surface area contributed by atoms with Crippen LogP contribution in [0.15, 0.2) is 59.8 Å².